The highest BCUT2D eigenvalue weighted by Gasteiger charge is 2.10. The van der Waals surface area contributed by atoms with Crippen molar-refractivity contribution in [3.8, 4) is 5.75 Å². The van der Waals surface area contributed by atoms with Crippen LogP contribution in [0.1, 0.15) is 29.8 Å². The van der Waals surface area contributed by atoms with Crippen molar-refractivity contribution >= 4 is 28.1 Å². The Morgan fingerprint density at radius 3 is 2.83 bits per heavy atom. The Morgan fingerprint density at radius 2 is 2.17 bits per heavy atom. The van der Waals surface area contributed by atoms with E-state index in [0.717, 1.165) is 4.47 Å². The van der Waals surface area contributed by atoms with Gasteiger partial charge in [0.1, 0.15) is 12.0 Å². The van der Waals surface area contributed by atoms with E-state index < -0.39 is 12.2 Å². The molecule has 6 heteroatoms. The number of esters is 1. The lowest BCUT2D eigenvalue weighted by atomic mass is 10.2. The molecule has 1 aromatic heterocycles. The predicted octanol–water partition coefficient (Wildman–Crippen LogP) is 3.46. The summed E-state index contributed by atoms with van der Waals surface area (Å²) in [6.07, 6.45) is 3.82. The van der Waals surface area contributed by atoms with Crippen molar-refractivity contribution in [3.05, 3.63) is 58.3 Å². The lowest BCUT2D eigenvalue weighted by Crippen LogP contribution is -2.11. The molecule has 2 aromatic rings. The molecule has 0 aliphatic heterocycles. The zero-order chi connectivity index (χ0) is 16.8. The quantitative estimate of drug-likeness (QED) is 0.492. The molecule has 2 rings (SSSR count). The molecule has 0 aliphatic rings. The number of halogens is 1. The van der Waals surface area contributed by atoms with Gasteiger partial charge >= 0.3 is 5.97 Å². The first-order valence-corrected chi connectivity index (χ1v) is 7.89. The van der Waals surface area contributed by atoms with Crippen LogP contribution in [0.3, 0.4) is 0 Å². The Morgan fingerprint density at radius 1 is 1.39 bits per heavy atom. The van der Waals surface area contributed by atoms with Crippen molar-refractivity contribution in [2.45, 2.75) is 20.1 Å². The van der Waals surface area contributed by atoms with E-state index in [-0.39, 0.29) is 5.92 Å². The van der Waals surface area contributed by atoms with Gasteiger partial charge in [0, 0.05) is 23.1 Å². The van der Waals surface area contributed by atoms with Crippen molar-refractivity contribution < 1.29 is 14.6 Å². The molecular formula is C17H17BrN2O3. The van der Waals surface area contributed by atoms with Crippen molar-refractivity contribution in [3.63, 3.8) is 0 Å². The summed E-state index contributed by atoms with van der Waals surface area (Å²) >= 11 is 3.37. The van der Waals surface area contributed by atoms with Gasteiger partial charge in [-0.3, -0.25) is 9.98 Å². The highest BCUT2D eigenvalue weighted by atomic mass is 79.9. The zero-order valence-corrected chi connectivity index (χ0v) is 14.4. The van der Waals surface area contributed by atoms with Crippen LogP contribution in [0, 0.1) is 5.92 Å². The predicted molar refractivity (Wildman–Crippen MR) is 91.8 cm³/mol. The molecule has 0 saturated carbocycles. The van der Waals surface area contributed by atoms with Crippen molar-refractivity contribution in [1.29, 1.82) is 0 Å². The standard InChI is InChI=1S/C17H17BrN2O3/c1-11(2)16(21)20-9-12-6-14(18)8-15(7-12)23-17(22)13-4-3-5-19-10-13/h3-11,16,21H,1-2H3. The second-order valence-electron chi connectivity index (χ2n) is 5.29. The molecule has 0 amide bonds. The molecule has 0 spiro atoms. The third-order valence-electron chi connectivity index (χ3n) is 2.97. The van der Waals surface area contributed by atoms with E-state index in [2.05, 4.69) is 25.9 Å². The number of nitrogens with zero attached hydrogens (tertiary/aromatic N) is 2. The molecule has 0 saturated heterocycles. The molecule has 5 nitrogen and oxygen atoms in total. The Hall–Kier alpha value is -2.05. The van der Waals surface area contributed by atoms with Gasteiger partial charge in [0.05, 0.1) is 5.56 Å². The third-order valence-corrected chi connectivity index (χ3v) is 3.43. The van der Waals surface area contributed by atoms with Crippen molar-refractivity contribution in [1.82, 2.24) is 4.98 Å². The fourth-order valence-electron chi connectivity index (χ4n) is 1.70. The lowest BCUT2D eigenvalue weighted by Gasteiger charge is -2.09. The summed E-state index contributed by atoms with van der Waals surface area (Å²) in [4.78, 5) is 20.0. The number of hydrogen-bond donors (Lipinski definition) is 1. The first-order valence-electron chi connectivity index (χ1n) is 7.10. The molecule has 1 heterocycles. The van der Waals surface area contributed by atoms with E-state index in [4.69, 9.17) is 4.74 Å². The number of hydrogen-bond acceptors (Lipinski definition) is 5. The highest BCUT2D eigenvalue weighted by molar-refractivity contribution is 9.10. The fourth-order valence-corrected chi connectivity index (χ4v) is 2.19. The number of pyridine rings is 1. The number of carbonyl (C=O) groups excluding carboxylic acids is 1. The molecule has 1 unspecified atom stereocenters. The van der Waals surface area contributed by atoms with Crippen LogP contribution < -0.4 is 4.74 Å². The fraction of sp³-hybridized carbons (Fsp3) is 0.235. The smallest absolute Gasteiger partial charge is 0.345 e. The molecule has 0 radical (unpaired) electrons. The van der Waals surface area contributed by atoms with Crippen molar-refractivity contribution in [2.75, 3.05) is 0 Å². The van der Waals surface area contributed by atoms with Crippen molar-refractivity contribution in [2.24, 2.45) is 10.9 Å². The first-order chi connectivity index (χ1) is 11.0. The molecule has 0 bridgehead atoms. The maximum atomic E-state index is 12.0. The van der Waals surface area contributed by atoms with Crippen LogP contribution in [0.25, 0.3) is 0 Å². The zero-order valence-electron chi connectivity index (χ0n) is 12.8. The van der Waals surface area contributed by atoms with Gasteiger partial charge in [-0.1, -0.05) is 29.8 Å². The number of carbonyl (C=O) groups is 1. The second-order valence-corrected chi connectivity index (χ2v) is 6.20. The second kappa shape index (κ2) is 7.99. The summed E-state index contributed by atoms with van der Waals surface area (Å²) in [5.41, 5.74) is 1.09. The summed E-state index contributed by atoms with van der Waals surface area (Å²) in [6.45, 7) is 3.76. The van der Waals surface area contributed by atoms with E-state index in [1.165, 1.54) is 6.20 Å². The first kappa shape index (κ1) is 17.3. The number of aliphatic hydroxyl groups excluding tert-OH is 1. The molecule has 1 N–H and O–H groups in total. The van der Waals surface area contributed by atoms with E-state index >= 15 is 0 Å². The van der Waals surface area contributed by atoms with Gasteiger partial charge in [0.25, 0.3) is 0 Å². The average molecular weight is 377 g/mol. The highest BCUT2D eigenvalue weighted by Crippen LogP contribution is 2.22. The van der Waals surface area contributed by atoms with Gasteiger partial charge in [0.15, 0.2) is 0 Å². The van der Waals surface area contributed by atoms with Crippen LogP contribution in [0.5, 0.6) is 5.75 Å². The normalized spacial score (nSPS) is 12.6. The summed E-state index contributed by atoms with van der Waals surface area (Å²) in [5, 5.41) is 9.72. The van der Waals surface area contributed by atoms with Gasteiger partial charge in [-0.05, 0) is 41.8 Å². The summed E-state index contributed by atoms with van der Waals surface area (Å²) in [7, 11) is 0. The van der Waals surface area contributed by atoms with Crippen LogP contribution in [0.2, 0.25) is 0 Å². The van der Waals surface area contributed by atoms with E-state index in [1.807, 2.05) is 19.9 Å². The topological polar surface area (TPSA) is 71.8 Å². The molecule has 23 heavy (non-hydrogen) atoms. The molecule has 0 fully saturated rings. The summed E-state index contributed by atoms with van der Waals surface area (Å²) < 4.78 is 6.09. The Balaban J connectivity index is 2.16. The molecule has 1 atom stereocenters. The van der Waals surface area contributed by atoms with Gasteiger partial charge < -0.3 is 9.84 Å². The number of rotatable bonds is 5. The van der Waals surface area contributed by atoms with Crippen LogP contribution in [0.4, 0.5) is 0 Å². The lowest BCUT2D eigenvalue weighted by molar-refractivity contribution is 0.0734. The number of aliphatic imine (C=N–C) groups is 1. The number of ether oxygens (including phenoxy) is 1. The van der Waals surface area contributed by atoms with Crippen LogP contribution >= 0.6 is 15.9 Å². The monoisotopic (exact) mass is 376 g/mol. The van der Waals surface area contributed by atoms with E-state index in [0.29, 0.717) is 16.9 Å². The Kier molecular flexibility index (Phi) is 6.01. The average Bonchev–Trinajstić information content (AvgIpc) is 2.52. The van der Waals surface area contributed by atoms with Crippen LogP contribution in [0.15, 0.2) is 52.2 Å². The molecule has 0 aliphatic carbocycles. The van der Waals surface area contributed by atoms with Gasteiger partial charge in [0.2, 0.25) is 0 Å². The maximum absolute atomic E-state index is 12.0. The SMILES string of the molecule is CC(C)C(O)N=Cc1cc(Br)cc(OC(=O)c2cccnc2)c1. The van der Waals surface area contributed by atoms with Gasteiger partial charge in [-0.25, -0.2) is 4.79 Å². The van der Waals surface area contributed by atoms with Gasteiger partial charge in [-0.15, -0.1) is 0 Å². The van der Waals surface area contributed by atoms with E-state index in [1.54, 1.807) is 36.7 Å². The third kappa shape index (κ3) is 5.26. The minimum Gasteiger partial charge on any atom is -0.423 e. The van der Waals surface area contributed by atoms with Gasteiger partial charge in [-0.2, -0.15) is 0 Å². The summed E-state index contributed by atoms with van der Waals surface area (Å²) in [5.74, 6) is -0.0729. The number of aromatic nitrogens is 1. The maximum Gasteiger partial charge on any atom is 0.345 e. The number of benzene rings is 1. The Bertz CT molecular complexity index is 702. The Labute approximate surface area is 143 Å². The minimum absolute atomic E-state index is 0.0290. The van der Waals surface area contributed by atoms with E-state index in [9.17, 15) is 9.90 Å². The largest absolute Gasteiger partial charge is 0.423 e. The van der Waals surface area contributed by atoms with Crippen LogP contribution in [-0.4, -0.2) is 28.5 Å². The minimum atomic E-state index is -0.768. The molecular weight excluding hydrogens is 360 g/mol. The molecule has 120 valence electrons. The molecule has 1 aromatic carbocycles. The van der Waals surface area contributed by atoms with Crippen LogP contribution in [-0.2, 0) is 0 Å². The summed E-state index contributed by atoms with van der Waals surface area (Å²) in [6, 6.07) is 8.48. The number of aliphatic hydroxyl groups is 1.